The summed E-state index contributed by atoms with van der Waals surface area (Å²) in [5.41, 5.74) is 2.35. The SMILES string of the molecule is CNCc1cccc(N2c3nc(Nc4ccn(C)c(=O)c4)ncc3C3COC(C)(C)CC32)n1. The van der Waals surface area contributed by atoms with Crippen molar-refractivity contribution in [2.45, 2.75) is 44.4 Å². The Balaban J connectivity index is 1.56. The third-order valence-corrected chi connectivity index (χ3v) is 6.33. The van der Waals surface area contributed by atoms with Gasteiger partial charge in [0.05, 0.1) is 17.9 Å². The topological polar surface area (TPSA) is 97.2 Å². The highest BCUT2D eigenvalue weighted by atomic mass is 16.5. The van der Waals surface area contributed by atoms with E-state index < -0.39 is 0 Å². The second kappa shape index (κ2) is 8.24. The summed E-state index contributed by atoms with van der Waals surface area (Å²) in [5.74, 6) is 2.31. The molecule has 2 aliphatic rings. The molecule has 0 amide bonds. The van der Waals surface area contributed by atoms with Crippen molar-refractivity contribution in [1.82, 2.24) is 24.8 Å². The van der Waals surface area contributed by atoms with Crippen LogP contribution in [0.2, 0.25) is 0 Å². The lowest BCUT2D eigenvalue weighted by atomic mass is 9.85. The molecule has 9 nitrogen and oxygen atoms in total. The van der Waals surface area contributed by atoms with E-state index in [0.29, 0.717) is 24.8 Å². The minimum Gasteiger partial charge on any atom is -0.375 e. The van der Waals surface area contributed by atoms with E-state index in [9.17, 15) is 4.79 Å². The van der Waals surface area contributed by atoms with E-state index >= 15 is 0 Å². The molecule has 3 aromatic heterocycles. The van der Waals surface area contributed by atoms with Crippen molar-refractivity contribution in [3.05, 3.63) is 64.3 Å². The number of nitrogens with one attached hydrogen (secondary N) is 2. The molecule has 0 aliphatic carbocycles. The van der Waals surface area contributed by atoms with E-state index in [1.54, 1.807) is 13.2 Å². The van der Waals surface area contributed by atoms with Crippen LogP contribution in [-0.4, -0.2) is 44.8 Å². The Hall–Kier alpha value is -3.30. The highest BCUT2D eigenvalue weighted by molar-refractivity contribution is 5.69. The van der Waals surface area contributed by atoms with E-state index in [4.69, 9.17) is 14.7 Å². The van der Waals surface area contributed by atoms with Gasteiger partial charge >= 0.3 is 0 Å². The number of pyridine rings is 2. The number of anilines is 4. The van der Waals surface area contributed by atoms with Crippen LogP contribution in [0.25, 0.3) is 0 Å². The van der Waals surface area contributed by atoms with Gasteiger partial charge in [-0.05, 0) is 45.5 Å². The average molecular weight is 448 g/mol. The summed E-state index contributed by atoms with van der Waals surface area (Å²) < 4.78 is 7.69. The fraction of sp³-hybridized carbons (Fsp3) is 0.417. The number of hydrogen-bond acceptors (Lipinski definition) is 8. The van der Waals surface area contributed by atoms with Crippen molar-refractivity contribution in [1.29, 1.82) is 0 Å². The van der Waals surface area contributed by atoms with Gasteiger partial charge in [-0.2, -0.15) is 4.98 Å². The van der Waals surface area contributed by atoms with Gasteiger partial charge in [-0.15, -0.1) is 0 Å². The van der Waals surface area contributed by atoms with E-state index in [1.807, 2.05) is 37.5 Å². The van der Waals surface area contributed by atoms with Crippen LogP contribution < -0.4 is 21.1 Å². The first-order chi connectivity index (χ1) is 15.8. The summed E-state index contributed by atoms with van der Waals surface area (Å²) in [6.45, 7) is 5.56. The maximum Gasteiger partial charge on any atom is 0.252 e. The predicted molar refractivity (Wildman–Crippen MR) is 127 cm³/mol. The minimum absolute atomic E-state index is 0.0984. The molecule has 1 saturated heterocycles. The molecule has 2 aliphatic heterocycles. The second-order valence-electron chi connectivity index (χ2n) is 9.30. The zero-order chi connectivity index (χ0) is 23.2. The number of hydrogen-bond donors (Lipinski definition) is 2. The van der Waals surface area contributed by atoms with Gasteiger partial charge in [0.25, 0.3) is 5.56 Å². The monoisotopic (exact) mass is 447 g/mol. The maximum atomic E-state index is 12.0. The molecule has 3 aromatic rings. The van der Waals surface area contributed by atoms with Gasteiger partial charge in [0.15, 0.2) is 0 Å². The normalized spacial score (nSPS) is 20.9. The van der Waals surface area contributed by atoms with Crippen molar-refractivity contribution in [3.8, 4) is 0 Å². The summed E-state index contributed by atoms with van der Waals surface area (Å²) in [7, 11) is 3.63. The second-order valence-corrected chi connectivity index (χ2v) is 9.30. The molecule has 0 aromatic carbocycles. The summed E-state index contributed by atoms with van der Waals surface area (Å²) in [6.07, 6.45) is 4.45. The summed E-state index contributed by atoms with van der Waals surface area (Å²) in [5, 5.41) is 6.35. The first kappa shape index (κ1) is 21.5. The lowest BCUT2D eigenvalue weighted by molar-refractivity contribution is -0.0658. The van der Waals surface area contributed by atoms with Crippen LogP contribution in [0.3, 0.4) is 0 Å². The standard InChI is InChI=1S/C24H29N7O2/c1-24(2)11-19-18(14-33-24)17-13-26-23(28-15-8-9-30(4)21(32)10-15)29-22(17)31(19)20-7-5-6-16(27-20)12-25-3/h5-10,13,18-19,25H,11-12,14H2,1-4H3,(H,26,28,29). The van der Waals surface area contributed by atoms with Crippen LogP contribution >= 0.6 is 0 Å². The largest absolute Gasteiger partial charge is 0.375 e. The Morgan fingerprint density at radius 2 is 2.09 bits per heavy atom. The van der Waals surface area contributed by atoms with Crippen LogP contribution in [0.1, 0.15) is 37.4 Å². The first-order valence-corrected chi connectivity index (χ1v) is 11.2. The molecular formula is C24H29N7O2. The summed E-state index contributed by atoms with van der Waals surface area (Å²) >= 11 is 0. The van der Waals surface area contributed by atoms with Crippen molar-refractivity contribution in [2.75, 3.05) is 23.9 Å². The lowest BCUT2D eigenvalue weighted by Gasteiger charge is -2.40. The average Bonchev–Trinajstić information content (AvgIpc) is 3.08. The molecule has 0 radical (unpaired) electrons. The maximum absolute atomic E-state index is 12.0. The molecule has 0 bridgehead atoms. The molecule has 2 unspecified atom stereocenters. The molecule has 9 heteroatoms. The fourth-order valence-electron chi connectivity index (χ4n) is 4.67. The minimum atomic E-state index is -0.233. The van der Waals surface area contributed by atoms with Crippen LogP contribution in [-0.2, 0) is 18.3 Å². The van der Waals surface area contributed by atoms with Gasteiger partial charge < -0.3 is 24.8 Å². The van der Waals surface area contributed by atoms with Gasteiger partial charge in [0.1, 0.15) is 11.6 Å². The lowest BCUT2D eigenvalue weighted by Crippen LogP contribution is -2.45. The van der Waals surface area contributed by atoms with Gasteiger partial charge in [-0.25, -0.2) is 9.97 Å². The van der Waals surface area contributed by atoms with Crippen molar-refractivity contribution in [2.24, 2.45) is 7.05 Å². The zero-order valence-corrected chi connectivity index (χ0v) is 19.4. The molecule has 2 atom stereocenters. The van der Waals surface area contributed by atoms with Crippen LogP contribution in [0.4, 0.5) is 23.3 Å². The third kappa shape index (κ3) is 4.09. The molecule has 5 heterocycles. The number of nitrogens with zero attached hydrogens (tertiary/aromatic N) is 5. The molecule has 5 rings (SSSR count). The number of fused-ring (bicyclic) bond motifs is 3. The Kier molecular flexibility index (Phi) is 5.38. The van der Waals surface area contributed by atoms with Crippen molar-refractivity contribution < 1.29 is 4.74 Å². The van der Waals surface area contributed by atoms with Crippen molar-refractivity contribution >= 4 is 23.3 Å². The van der Waals surface area contributed by atoms with Crippen molar-refractivity contribution in [3.63, 3.8) is 0 Å². The Bertz CT molecular complexity index is 1240. The van der Waals surface area contributed by atoms with E-state index in [1.165, 1.54) is 10.6 Å². The quantitative estimate of drug-likeness (QED) is 0.616. The molecule has 1 fully saturated rings. The van der Waals surface area contributed by atoms with E-state index in [-0.39, 0.29) is 23.1 Å². The molecule has 33 heavy (non-hydrogen) atoms. The number of aromatic nitrogens is 4. The highest BCUT2D eigenvalue weighted by Gasteiger charge is 2.47. The Labute approximate surface area is 192 Å². The fourth-order valence-corrected chi connectivity index (χ4v) is 4.67. The number of rotatable bonds is 5. The number of ether oxygens (including phenoxy) is 1. The molecule has 172 valence electrons. The molecule has 0 spiro atoms. The van der Waals surface area contributed by atoms with Gasteiger partial charge in [0, 0.05) is 55.3 Å². The van der Waals surface area contributed by atoms with Crippen LogP contribution in [0, 0.1) is 0 Å². The summed E-state index contributed by atoms with van der Waals surface area (Å²) in [4.78, 5) is 28.6. The molecule has 0 saturated carbocycles. The molecule has 2 N–H and O–H groups in total. The first-order valence-electron chi connectivity index (χ1n) is 11.2. The highest BCUT2D eigenvalue weighted by Crippen LogP contribution is 2.49. The predicted octanol–water partition coefficient (Wildman–Crippen LogP) is 2.84. The van der Waals surface area contributed by atoms with Crippen LogP contribution in [0.5, 0.6) is 0 Å². The number of aryl methyl sites for hydroxylation is 1. The summed E-state index contributed by atoms with van der Waals surface area (Å²) in [6, 6.07) is 9.62. The van der Waals surface area contributed by atoms with E-state index in [0.717, 1.165) is 29.3 Å². The zero-order valence-electron chi connectivity index (χ0n) is 19.4. The Morgan fingerprint density at radius 1 is 1.24 bits per heavy atom. The van der Waals surface area contributed by atoms with Crippen LogP contribution in [0.15, 0.2) is 47.5 Å². The Morgan fingerprint density at radius 3 is 2.88 bits per heavy atom. The van der Waals surface area contributed by atoms with Gasteiger partial charge in [-0.3, -0.25) is 4.79 Å². The molecular weight excluding hydrogens is 418 g/mol. The van der Waals surface area contributed by atoms with Gasteiger partial charge in [0.2, 0.25) is 5.95 Å². The van der Waals surface area contributed by atoms with Gasteiger partial charge in [-0.1, -0.05) is 6.07 Å². The third-order valence-electron chi connectivity index (χ3n) is 6.33. The smallest absolute Gasteiger partial charge is 0.252 e. The van der Waals surface area contributed by atoms with E-state index in [2.05, 4.69) is 34.4 Å².